The lowest BCUT2D eigenvalue weighted by Gasteiger charge is -2.34. The van der Waals surface area contributed by atoms with Gasteiger partial charge in [0.1, 0.15) is 10.8 Å². The largest absolute Gasteiger partial charge is 0.350 e. The van der Waals surface area contributed by atoms with E-state index in [1.165, 1.54) is 0 Å². The predicted molar refractivity (Wildman–Crippen MR) is 92.7 cm³/mol. The van der Waals surface area contributed by atoms with E-state index in [0.29, 0.717) is 6.04 Å². The van der Waals surface area contributed by atoms with E-state index in [0.717, 1.165) is 46.8 Å². The molecule has 6 heteroatoms. The van der Waals surface area contributed by atoms with Gasteiger partial charge in [-0.3, -0.25) is 4.98 Å². The molecule has 0 amide bonds. The summed E-state index contributed by atoms with van der Waals surface area (Å²) in [5.41, 5.74) is 1.12. The molecule has 0 radical (unpaired) electrons. The summed E-state index contributed by atoms with van der Waals surface area (Å²) in [5, 5.41) is 5.13. The van der Waals surface area contributed by atoms with Crippen LogP contribution in [-0.4, -0.2) is 35.6 Å². The number of benzene rings is 1. The summed E-state index contributed by atoms with van der Waals surface area (Å²) in [6.45, 7) is 5.15. The lowest BCUT2D eigenvalue weighted by atomic mass is 10.2. The molecule has 1 aliphatic rings. The van der Waals surface area contributed by atoms with Crippen LogP contribution in [0.5, 0.6) is 0 Å². The van der Waals surface area contributed by atoms with E-state index in [4.69, 9.17) is 16.6 Å². The molecule has 0 spiro atoms. The lowest BCUT2D eigenvalue weighted by molar-refractivity contribution is 0.495. The van der Waals surface area contributed by atoms with Gasteiger partial charge in [0.25, 0.3) is 0 Å². The zero-order valence-corrected chi connectivity index (χ0v) is 14.1. The van der Waals surface area contributed by atoms with Gasteiger partial charge in [-0.2, -0.15) is 0 Å². The monoisotopic (exact) mass is 334 g/mol. The third kappa shape index (κ3) is 3.72. The molecule has 0 saturated carbocycles. The van der Waals surface area contributed by atoms with E-state index in [1.54, 1.807) is 11.8 Å². The van der Waals surface area contributed by atoms with Crippen LogP contribution in [0.4, 0.5) is 5.82 Å². The second-order valence-corrected chi connectivity index (χ2v) is 6.74. The highest BCUT2D eigenvalue weighted by Gasteiger charge is 2.19. The summed E-state index contributed by atoms with van der Waals surface area (Å²) >= 11 is 7.86. The fraction of sp³-hybridized carbons (Fsp3) is 0.375. The van der Waals surface area contributed by atoms with Crippen molar-refractivity contribution in [2.45, 2.75) is 23.7 Å². The Balaban J connectivity index is 1.70. The van der Waals surface area contributed by atoms with E-state index < -0.39 is 0 Å². The van der Waals surface area contributed by atoms with Crippen molar-refractivity contribution in [3.63, 3.8) is 0 Å². The van der Waals surface area contributed by atoms with Crippen LogP contribution in [0.1, 0.15) is 12.5 Å². The number of nitrogens with one attached hydrogen (secondary N) is 1. The van der Waals surface area contributed by atoms with Gasteiger partial charge in [0.15, 0.2) is 0 Å². The molecule has 1 aromatic carbocycles. The van der Waals surface area contributed by atoms with E-state index in [2.05, 4.69) is 22.1 Å². The zero-order chi connectivity index (χ0) is 15.4. The van der Waals surface area contributed by atoms with Crippen molar-refractivity contribution in [2.24, 2.45) is 0 Å². The number of nitrogens with zero attached hydrogens (tertiary/aromatic N) is 3. The molecule has 0 bridgehead atoms. The van der Waals surface area contributed by atoms with Gasteiger partial charge in [0, 0.05) is 36.5 Å². The minimum Gasteiger partial charge on any atom is -0.350 e. The van der Waals surface area contributed by atoms with Gasteiger partial charge in [-0.05, 0) is 18.6 Å². The maximum absolute atomic E-state index is 6.20. The molecule has 0 aliphatic carbocycles. The SMILES string of the molecule is C[C@@H]1CNCCN1c1cncc(SCc2ccccc2Cl)n1. The summed E-state index contributed by atoms with van der Waals surface area (Å²) in [6, 6.07) is 8.36. The van der Waals surface area contributed by atoms with Crippen molar-refractivity contribution in [2.75, 3.05) is 24.5 Å². The van der Waals surface area contributed by atoms with Crippen LogP contribution >= 0.6 is 23.4 Å². The van der Waals surface area contributed by atoms with Gasteiger partial charge in [-0.15, -0.1) is 0 Å². The summed E-state index contributed by atoms with van der Waals surface area (Å²) in [4.78, 5) is 11.4. The number of hydrogen-bond acceptors (Lipinski definition) is 5. The Kier molecular flexibility index (Phi) is 5.18. The van der Waals surface area contributed by atoms with Crippen LogP contribution in [0.3, 0.4) is 0 Å². The Hall–Kier alpha value is -1.30. The number of rotatable bonds is 4. The zero-order valence-electron chi connectivity index (χ0n) is 12.5. The molecule has 22 heavy (non-hydrogen) atoms. The van der Waals surface area contributed by atoms with Crippen molar-refractivity contribution in [3.8, 4) is 0 Å². The molecule has 2 heterocycles. The summed E-state index contributed by atoms with van der Waals surface area (Å²) in [5.74, 6) is 1.76. The molecule has 1 aliphatic heterocycles. The van der Waals surface area contributed by atoms with Crippen molar-refractivity contribution < 1.29 is 0 Å². The van der Waals surface area contributed by atoms with Crippen LogP contribution < -0.4 is 10.2 Å². The van der Waals surface area contributed by atoms with Crippen LogP contribution in [0.25, 0.3) is 0 Å². The van der Waals surface area contributed by atoms with Crippen LogP contribution in [-0.2, 0) is 5.75 Å². The molecule has 116 valence electrons. The molecule has 3 rings (SSSR count). The maximum Gasteiger partial charge on any atom is 0.148 e. The van der Waals surface area contributed by atoms with E-state index in [9.17, 15) is 0 Å². The van der Waals surface area contributed by atoms with Gasteiger partial charge < -0.3 is 10.2 Å². The average molecular weight is 335 g/mol. The topological polar surface area (TPSA) is 41.0 Å². The first-order valence-corrected chi connectivity index (χ1v) is 8.76. The van der Waals surface area contributed by atoms with E-state index in [1.807, 2.05) is 36.7 Å². The number of halogens is 1. The second kappa shape index (κ2) is 7.31. The normalized spacial score (nSPS) is 18.5. The smallest absolute Gasteiger partial charge is 0.148 e. The Morgan fingerprint density at radius 1 is 1.36 bits per heavy atom. The minimum absolute atomic E-state index is 0.437. The predicted octanol–water partition coefficient (Wildman–Crippen LogP) is 3.22. The molecule has 0 unspecified atom stereocenters. The summed E-state index contributed by atoms with van der Waals surface area (Å²) in [6.07, 6.45) is 3.67. The highest BCUT2D eigenvalue weighted by atomic mass is 35.5. The van der Waals surface area contributed by atoms with E-state index in [-0.39, 0.29) is 0 Å². The number of hydrogen-bond donors (Lipinski definition) is 1. The molecule has 1 atom stereocenters. The number of aromatic nitrogens is 2. The van der Waals surface area contributed by atoms with Gasteiger partial charge in [-0.25, -0.2) is 4.98 Å². The summed E-state index contributed by atoms with van der Waals surface area (Å²) in [7, 11) is 0. The van der Waals surface area contributed by atoms with Gasteiger partial charge in [0.05, 0.1) is 12.4 Å². The van der Waals surface area contributed by atoms with Crippen molar-refractivity contribution in [3.05, 3.63) is 47.2 Å². The Morgan fingerprint density at radius 2 is 2.23 bits per heavy atom. The molecule has 2 aromatic rings. The maximum atomic E-state index is 6.20. The van der Waals surface area contributed by atoms with Crippen molar-refractivity contribution in [1.29, 1.82) is 0 Å². The van der Waals surface area contributed by atoms with E-state index >= 15 is 0 Å². The Labute approximate surface area is 140 Å². The van der Waals surface area contributed by atoms with Crippen LogP contribution in [0.15, 0.2) is 41.7 Å². The first-order valence-electron chi connectivity index (χ1n) is 7.39. The molecule has 4 nitrogen and oxygen atoms in total. The highest BCUT2D eigenvalue weighted by molar-refractivity contribution is 7.98. The van der Waals surface area contributed by atoms with Gasteiger partial charge in [0.2, 0.25) is 0 Å². The fourth-order valence-electron chi connectivity index (χ4n) is 2.49. The molecule has 1 N–H and O–H groups in total. The highest BCUT2D eigenvalue weighted by Crippen LogP contribution is 2.26. The van der Waals surface area contributed by atoms with Gasteiger partial charge >= 0.3 is 0 Å². The van der Waals surface area contributed by atoms with Crippen molar-refractivity contribution >= 4 is 29.2 Å². The minimum atomic E-state index is 0.437. The average Bonchev–Trinajstić information content (AvgIpc) is 2.55. The third-order valence-corrected chi connectivity index (χ3v) is 5.05. The Morgan fingerprint density at radius 3 is 3.05 bits per heavy atom. The Bertz CT molecular complexity index is 637. The number of piperazine rings is 1. The number of anilines is 1. The van der Waals surface area contributed by atoms with Crippen LogP contribution in [0, 0.1) is 0 Å². The molecule has 1 saturated heterocycles. The quantitative estimate of drug-likeness (QED) is 0.869. The number of thioether (sulfide) groups is 1. The molecule has 1 fully saturated rings. The van der Waals surface area contributed by atoms with Crippen molar-refractivity contribution in [1.82, 2.24) is 15.3 Å². The standard InChI is InChI=1S/C16H19ClN4S/c1-12-8-18-6-7-21(12)15-9-19-10-16(20-15)22-11-13-4-2-3-5-14(13)17/h2-5,9-10,12,18H,6-8,11H2,1H3/t12-/m1/s1. The third-order valence-electron chi connectivity index (χ3n) is 3.73. The molecular formula is C16H19ClN4S. The molecule has 1 aromatic heterocycles. The first kappa shape index (κ1) is 15.6. The second-order valence-electron chi connectivity index (χ2n) is 5.34. The first-order chi connectivity index (χ1) is 10.7. The fourth-order valence-corrected chi connectivity index (χ4v) is 3.63. The summed E-state index contributed by atoms with van der Waals surface area (Å²) < 4.78 is 0. The molecular weight excluding hydrogens is 316 g/mol. The van der Waals surface area contributed by atoms with Gasteiger partial charge in [-0.1, -0.05) is 41.6 Å². The van der Waals surface area contributed by atoms with Crippen LogP contribution in [0.2, 0.25) is 5.02 Å². The lowest BCUT2D eigenvalue weighted by Crippen LogP contribution is -2.50.